The Morgan fingerprint density at radius 2 is 2.10 bits per heavy atom. The van der Waals surface area contributed by atoms with Gasteiger partial charge in [-0.3, -0.25) is 8.89 Å². The molecule has 2 aromatic rings. The molecule has 2 rings (SSSR count). The van der Waals surface area contributed by atoms with E-state index in [1.165, 1.54) is 0 Å². The Kier molecular flexibility index (Phi) is 5.22. The fraction of sp³-hybridized carbons (Fsp3) is 0.400. The lowest BCUT2D eigenvalue weighted by Gasteiger charge is -2.08. The minimum absolute atomic E-state index is 0.411. The molecule has 0 saturated carbocycles. The van der Waals surface area contributed by atoms with E-state index in [1.54, 1.807) is 0 Å². The zero-order valence-corrected chi connectivity index (χ0v) is 14.9. The molecule has 1 aromatic heterocycles. The predicted molar refractivity (Wildman–Crippen MR) is 90.7 cm³/mol. The summed E-state index contributed by atoms with van der Waals surface area (Å²) in [6.45, 7) is 6.82. The second kappa shape index (κ2) is 6.75. The van der Waals surface area contributed by atoms with E-state index in [9.17, 15) is 4.21 Å². The lowest BCUT2D eigenvalue weighted by molar-refractivity contribution is 0.623. The number of nitrogens with two attached hydrogens (primary N) is 1. The summed E-state index contributed by atoms with van der Waals surface area (Å²) in [6.07, 6.45) is 0.847. The molecule has 0 aliphatic rings. The van der Waals surface area contributed by atoms with E-state index in [4.69, 9.17) is 5.73 Å². The quantitative estimate of drug-likeness (QED) is 0.821. The number of halogens is 1. The summed E-state index contributed by atoms with van der Waals surface area (Å²) in [5.41, 5.74) is 9.61. The molecule has 2 N–H and O–H groups in total. The third-order valence-electron chi connectivity index (χ3n) is 3.37. The maximum absolute atomic E-state index is 12.6. The lowest BCUT2D eigenvalue weighted by atomic mass is 10.2. The van der Waals surface area contributed by atoms with Gasteiger partial charge in [0.25, 0.3) is 0 Å². The summed E-state index contributed by atoms with van der Waals surface area (Å²) in [4.78, 5) is 0.689. The summed E-state index contributed by atoms with van der Waals surface area (Å²) in [6, 6.07) is 5.65. The zero-order chi connectivity index (χ0) is 15.6. The molecule has 21 heavy (non-hydrogen) atoms. The van der Waals surface area contributed by atoms with Crippen molar-refractivity contribution in [3.05, 3.63) is 39.6 Å². The maximum Gasteiger partial charge on any atom is 0.0767 e. The highest BCUT2D eigenvalue weighted by atomic mass is 79.9. The number of aromatic nitrogens is 2. The van der Waals surface area contributed by atoms with Crippen molar-refractivity contribution < 1.29 is 4.21 Å². The van der Waals surface area contributed by atoms with E-state index in [-0.39, 0.29) is 0 Å². The topological polar surface area (TPSA) is 60.9 Å². The van der Waals surface area contributed by atoms with E-state index in [0.29, 0.717) is 16.3 Å². The second-order valence-corrected chi connectivity index (χ2v) is 7.12. The molecule has 0 spiro atoms. The van der Waals surface area contributed by atoms with Gasteiger partial charge in [0.05, 0.1) is 37.3 Å². The van der Waals surface area contributed by atoms with Crippen LogP contribution in [-0.4, -0.2) is 14.0 Å². The van der Waals surface area contributed by atoms with Gasteiger partial charge in [-0.15, -0.1) is 0 Å². The van der Waals surface area contributed by atoms with Crippen LogP contribution >= 0.6 is 15.9 Å². The Labute approximate surface area is 136 Å². The van der Waals surface area contributed by atoms with Gasteiger partial charge < -0.3 is 5.73 Å². The van der Waals surface area contributed by atoms with Gasteiger partial charge >= 0.3 is 0 Å². The molecule has 6 heteroatoms. The van der Waals surface area contributed by atoms with Crippen LogP contribution in [0.2, 0.25) is 0 Å². The molecule has 1 heterocycles. The van der Waals surface area contributed by atoms with Crippen LogP contribution in [0, 0.1) is 6.92 Å². The Morgan fingerprint density at radius 1 is 1.38 bits per heavy atom. The molecule has 0 fully saturated rings. The van der Waals surface area contributed by atoms with Crippen LogP contribution in [0.25, 0.3) is 0 Å². The normalized spacial score (nSPS) is 12.6. The fourth-order valence-electron chi connectivity index (χ4n) is 2.23. The molecule has 0 aliphatic carbocycles. The van der Waals surface area contributed by atoms with Gasteiger partial charge in [-0.2, -0.15) is 5.10 Å². The molecular formula is C15H20BrN3OS. The van der Waals surface area contributed by atoms with Gasteiger partial charge in [-0.1, -0.05) is 13.0 Å². The second-order valence-electron chi connectivity index (χ2n) is 4.91. The number of rotatable bonds is 5. The van der Waals surface area contributed by atoms with Crippen molar-refractivity contribution in [2.24, 2.45) is 0 Å². The van der Waals surface area contributed by atoms with Gasteiger partial charge in [0, 0.05) is 12.2 Å². The number of aryl methyl sites for hydroxylation is 3. The standard InChI is InChI=1S/C15H20BrN3OS/c1-4-12-15(16)13(19(5-2)18-12)9-21(20)14-7-6-10(3)8-11(14)17/h6-8H,4-5,9,17H2,1-3H3. The summed E-state index contributed by atoms with van der Waals surface area (Å²) in [5.74, 6) is 0.411. The first kappa shape index (κ1) is 16.2. The Hall–Kier alpha value is -1.14. The van der Waals surface area contributed by atoms with Crippen LogP contribution in [0.5, 0.6) is 0 Å². The Morgan fingerprint density at radius 3 is 2.67 bits per heavy atom. The van der Waals surface area contributed by atoms with Crippen LogP contribution in [0.15, 0.2) is 27.6 Å². The van der Waals surface area contributed by atoms with Crippen LogP contribution in [-0.2, 0) is 29.5 Å². The first-order chi connectivity index (χ1) is 9.97. The van der Waals surface area contributed by atoms with Gasteiger partial charge in [0.15, 0.2) is 0 Å². The minimum Gasteiger partial charge on any atom is -0.398 e. The lowest BCUT2D eigenvalue weighted by Crippen LogP contribution is -2.08. The number of benzene rings is 1. The minimum atomic E-state index is -1.18. The third kappa shape index (κ3) is 3.37. The summed E-state index contributed by atoms with van der Waals surface area (Å²) >= 11 is 3.59. The number of nitrogens with zero attached hydrogens (tertiary/aromatic N) is 2. The molecule has 0 bridgehead atoms. The molecule has 114 valence electrons. The predicted octanol–water partition coefficient (Wildman–Crippen LogP) is 3.43. The van der Waals surface area contributed by atoms with Crippen molar-refractivity contribution in [2.45, 2.75) is 44.4 Å². The third-order valence-corrected chi connectivity index (χ3v) is 5.69. The summed E-state index contributed by atoms with van der Waals surface area (Å²) < 4.78 is 15.5. The summed E-state index contributed by atoms with van der Waals surface area (Å²) in [7, 11) is -1.18. The first-order valence-corrected chi connectivity index (χ1v) is 9.07. The van der Waals surface area contributed by atoms with Gasteiger partial charge in [-0.25, -0.2) is 0 Å². The summed E-state index contributed by atoms with van der Waals surface area (Å²) in [5, 5.41) is 4.53. The smallest absolute Gasteiger partial charge is 0.0767 e. The number of hydrogen-bond donors (Lipinski definition) is 1. The van der Waals surface area contributed by atoms with Crippen LogP contribution in [0.3, 0.4) is 0 Å². The molecule has 1 aromatic carbocycles. The Bertz CT molecular complexity index is 682. The van der Waals surface area contributed by atoms with E-state index >= 15 is 0 Å². The highest BCUT2D eigenvalue weighted by Gasteiger charge is 2.18. The highest BCUT2D eigenvalue weighted by molar-refractivity contribution is 9.10. The largest absolute Gasteiger partial charge is 0.398 e. The molecule has 0 aliphatic heterocycles. The van der Waals surface area contributed by atoms with Gasteiger partial charge in [-0.05, 0) is 53.9 Å². The SMILES string of the molecule is CCc1nn(CC)c(CS(=O)c2ccc(C)cc2N)c1Br. The van der Waals surface area contributed by atoms with Crippen molar-refractivity contribution in [2.75, 3.05) is 5.73 Å². The van der Waals surface area contributed by atoms with Crippen molar-refractivity contribution in [3.8, 4) is 0 Å². The van der Waals surface area contributed by atoms with E-state index in [1.807, 2.05) is 36.7 Å². The number of hydrogen-bond acceptors (Lipinski definition) is 3. The van der Waals surface area contributed by atoms with E-state index in [2.05, 4.69) is 28.0 Å². The van der Waals surface area contributed by atoms with Crippen molar-refractivity contribution in [3.63, 3.8) is 0 Å². The van der Waals surface area contributed by atoms with Gasteiger partial charge in [0.1, 0.15) is 0 Å². The average Bonchev–Trinajstić information content (AvgIpc) is 2.75. The highest BCUT2D eigenvalue weighted by Crippen LogP contribution is 2.27. The molecular weight excluding hydrogens is 350 g/mol. The molecule has 0 amide bonds. The van der Waals surface area contributed by atoms with Gasteiger partial charge in [0.2, 0.25) is 0 Å². The van der Waals surface area contributed by atoms with Crippen molar-refractivity contribution in [1.29, 1.82) is 0 Å². The molecule has 1 unspecified atom stereocenters. The van der Waals surface area contributed by atoms with E-state index in [0.717, 1.165) is 34.4 Å². The molecule has 1 atom stereocenters. The van der Waals surface area contributed by atoms with Crippen molar-refractivity contribution >= 4 is 32.4 Å². The maximum atomic E-state index is 12.6. The van der Waals surface area contributed by atoms with Crippen molar-refractivity contribution in [1.82, 2.24) is 9.78 Å². The number of anilines is 1. The molecule has 4 nitrogen and oxygen atoms in total. The first-order valence-electron chi connectivity index (χ1n) is 6.96. The van der Waals surface area contributed by atoms with Crippen LogP contribution < -0.4 is 5.73 Å². The average molecular weight is 370 g/mol. The monoisotopic (exact) mass is 369 g/mol. The number of nitrogen functional groups attached to an aromatic ring is 1. The molecule has 0 radical (unpaired) electrons. The zero-order valence-electron chi connectivity index (χ0n) is 12.5. The fourth-order valence-corrected chi connectivity index (χ4v) is 4.36. The van der Waals surface area contributed by atoms with Crippen LogP contribution in [0.1, 0.15) is 30.8 Å². The Balaban J connectivity index is 2.33. The van der Waals surface area contributed by atoms with Crippen LogP contribution in [0.4, 0.5) is 5.69 Å². The molecule has 0 saturated heterocycles. The van der Waals surface area contributed by atoms with E-state index < -0.39 is 10.8 Å².